The van der Waals surface area contributed by atoms with Crippen molar-refractivity contribution in [1.82, 2.24) is 14.9 Å². The zero-order valence-corrected chi connectivity index (χ0v) is 19.4. The minimum atomic E-state index is -0.0681. The highest BCUT2D eigenvalue weighted by molar-refractivity contribution is 5.86. The van der Waals surface area contributed by atoms with Crippen molar-refractivity contribution in [3.63, 3.8) is 0 Å². The maximum Gasteiger partial charge on any atom is 0.221 e. The van der Waals surface area contributed by atoms with Gasteiger partial charge in [-0.3, -0.25) is 9.78 Å². The fourth-order valence-electron chi connectivity index (χ4n) is 5.19. The molecule has 1 aliphatic carbocycles. The van der Waals surface area contributed by atoms with E-state index in [1.807, 2.05) is 18.3 Å². The Morgan fingerprint density at radius 1 is 1.00 bits per heavy atom. The van der Waals surface area contributed by atoms with Gasteiger partial charge in [-0.15, -0.1) is 0 Å². The van der Waals surface area contributed by atoms with Gasteiger partial charge in [-0.25, -0.2) is 0 Å². The molecule has 0 bridgehead atoms. The van der Waals surface area contributed by atoms with Crippen molar-refractivity contribution in [1.29, 1.82) is 0 Å². The number of rotatable bonds is 7. The molecule has 0 saturated heterocycles. The third-order valence-electron chi connectivity index (χ3n) is 7.00. The number of nitrogens with one attached hydrogen (secondary N) is 1. The molecule has 3 N–H and O–H groups in total. The van der Waals surface area contributed by atoms with Crippen molar-refractivity contribution in [2.45, 2.75) is 56.7 Å². The van der Waals surface area contributed by atoms with Crippen LogP contribution >= 0.6 is 0 Å². The number of aromatic nitrogens is 2. The number of carbonyl (C=O) groups excluding carboxylic acids is 1. The van der Waals surface area contributed by atoms with Gasteiger partial charge in [0.25, 0.3) is 0 Å². The Balaban J connectivity index is 1.47. The summed E-state index contributed by atoms with van der Waals surface area (Å²) in [6.07, 6.45) is 10.2. The first kappa shape index (κ1) is 22.4. The number of carbonyl (C=O) groups is 1. The molecule has 1 atom stereocenters. The number of amides is 1. The maximum absolute atomic E-state index is 13.2. The van der Waals surface area contributed by atoms with Gasteiger partial charge >= 0.3 is 0 Å². The number of hydrogen-bond acceptors (Lipinski definition) is 3. The van der Waals surface area contributed by atoms with Crippen LogP contribution in [0.2, 0.25) is 0 Å². The first-order valence-electron chi connectivity index (χ1n) is 12.2. The number of para-hydroxylation sites is 1. The molecule has 2 heterocycles. The highest BCUT2D eigenvalue weighted by Crippen LogP contribution is 2.35. The summed E-state index contributed by atoms with van der Waals surface area (Å²) in [5, 5.41) is 4.47. The average molecular weight is 453 g/mol. The summed E-state index contributed by atoms with van der Waals surface area (Å²) in [5.41, 5.74) is 10.7. The predicted octanol–water partition coefficient (Wildman–Crippen LogP) is 4.99. The second-order valence-corrected chi connectivity index (χ2v) is 9.44. The molecule has 4 aromatic rings. The Bertz CT molecular complexity index is 1230. The molecule has 1 saturated carbocycles. The highest BCUT2D eigenvalue weighted by Gasteiger charge is 2.25. The Morgan fingerprint density at radius 3 is 2.53 bits per heavy atom. The van der Waals surface area contributed by atoms with Gasteiger partial charge in [0.05, 0.1) is 0 Å². The molecule has 1 fully saturated rings. The number of nitrogens with zero attached hydrogens (tertiary/aromatic N) is 2. The molecule has 0 spiro atoms. The van der Waals surface area contributed by atoms with Gasteiger partial charge in [-0.2, -0.15) is 0 Å². The molecule has 2 aromatic heterocycles. The van der Waals surface area contributed by atoms with E-state index in [-0.39, 0.29) is 23.9 Å². The summed E-state index contributed by atoms with van der Waals surface area (Å²) in [5.74, 6) is 0.0238. The monoisotopic (exact) mass is 452 g/mol. The third kappa shape index (κ3) is 5.05. The minimum absolute atomic E-state index is 0.0681. The Labute approximate surface area is 201 Å². The molecule has 174 valence electrons. The van der Waals surface area contributed by atoms with Crippen LogP contribution in [0, 0.1) is 0 Å². The van der Waals surface area contributed by atoms with Crippen LogP contribution in [0.5, 0.6) is 0 Å². The molecule has 0 aliphatic heterocycles. The van der Waals surface area contributed by atoms with Crippen molar-refractivity contribution in [2.24, 2.45) is 5.73 Å². The van der Waals surface area contributed by atoms with Crippen LogP contribution in [-0.4, -0.2) is 27.5 Å². The van der Waals surface area contributed by atoms with Crippen molar-refractivity contribution < 1.29 is 4.79 Å². The van der Waals surface area contributed by atoms with Gasteiger partial charge in [-0.1, -0.05) is 54.6 Å². The molecule has 2 aromatic carbocycles. The van der Waals surface area contributed by atoms with Crippen LogP contribution in [0.3, 0.4) is 0 Å². The van der Waals surface area contributed by atoms with Gasteiger partial charge in [0.2, 0.25) is 5.91 Å². The molecule has 1 unspecified atom stereocenters. The SMILES string of the molecule is NC1CCC(NC(=O)CC(c2cccnc2)c2cn(Cc3ccccc3)c3ccccc23)CC1. The zero-order valence-electron chi connectivity index (χ0n) is 19.4. The van der Waals surface area contributed by atoms with Crippen molar-refractivity contribution in [2.75, 3.05) is 0 Å². The fourth-order valence-corrected chi connectivity index (χ4v) is 5.19. The van der Waals surface area contributed by atoms with E-state index in [9.17, 15) is 4.79 Å². The second kappa shape index (κ2) is 10.2. The van der Waals surface area contributed by atoms with E-state index in [4.69, 9.17) is 5.73 Å². The first-order chi connectivity index (χ1) is 16.7. The van der Waals surface area contributed by atoms with Crippen LogP contribution in [0.25, 0.3) is 10.9 Å². The molecule has 5 rings (SSSR count). The lowest BCUT2D eigenvalue weighted by Gasteiger charge is -2.27. The summed E-state index contributed by atoms with van der Waals surface area (Å²) in [4.78, 5) is 17.6. The predicted molar refractivity (Wildman–Crippen MR) is 137 cm³/mol. The van der Waals surface area contributed by atoms with Gasteiger partial charge in [0, 0.05) is 60.5 Å². The van der Waals surface area contributed by atoms with Gasteiger partial charge in [-0.05, 0) is 54.5 Å². The van der Waals surface area contributed by atoms with Crippen LogP contribution < -0.4 is 11.1 Å². The molecule has 34 heavy (non-hydrogen) atoms. The lowest BCUT2D eigenvalue weighted by Crippen LogP contribution is -2.40. The quantitative estimate of drug-likeness (QED) is 0.415. The molecule has 5 heteroatoms. The minimum Gasteiger partial charge on any atom is -0.353 e. The standard InChI is InChI=1S/C29H32N4O/c30-23-12-14-24(15-13-23)32-29(34)17-26(22-9-6-16-31-18-22)27-20-33(19-21-7-2-1-3-8-21)28-11-5-4-10-25(27)28/h1-11,16,18,20,23-24,26H,12-15,17,19,30H2,(H,32,34). The normalized spacial score (nSPS) is 19.1. The number of fused-ring (bicyclic) bond motifs is 1. The fraction of sp³-hybridized carbons (Fsp3) is 0.310. The zero-order chi connectivity index (χ0) is 23.3. The molecule has 1 aliphatic rings. The van der Waals surface area contributed by atoms with Crippen molar-refractivity contribution in [3.8, 4) is 0 Å². The summed E-state index contributed by atoms with van der Waals surface area (Å²) < 4.78 is 2.30. The molecular formula is C29H32N4O. The topological polar surface area (TPSA) is 72.9 Å². The van der Waals surface area contributed by atoms with E-state index < -0.39 is 0 Å². The number of hydrogen-bond donors (Lipinski definition) is 2. The smallest absolute Gasteiger partial charge is 0.221 e. The van der Waals surface area contributed by atoms with Crippen LogP contribution in [0.4, 0.5) is 0 Å². The second-order valence-electron chi connectivity index (χ2n) is 9.44. The first-order valence-corrected chi connectivity index (χ1v) is 12.2. The van der Waals surface area contributed by atoms with Crippen LogP contribution in [0.1, 0.15) is 54.7 Å². The van der Waals surface area contributed by atoms with Gasteiger partial charge in [0.1, 0.15) is 0 Å². The van der Waals surface area contributed by atoms with Gasteiger partial charge < -0.3 is 15.6 Å². The summed E-state index contributed by atoms with van der Waals surface area (Å²) in [6.45, 7) is 0.787. The molecular weight excluding hydrogens is 420 g/mol. The average Bonchev–Trinajstić information content (AvgIpc) is 3.23. The van der Waals surface area contributed by atoms with E-state index in [0.717, 1.165) is 37.8 Å². The van der Waals surface area contributed by atoms with Gasteiger partial charge in [0.15, 0.2) is 0 Å². The number of nitrogens with two attached hydrogens (primary N) is 1. The van der Waals surface area contributed by atoms with E-state index in [0.29, 0.717) is 6.42 Å². The lowest BCUT2D eigenvalue weighted by atomic mass is 9.88. The van der Waals surface area contributed by atoms with Crippen LogP contribution in [0.15, 0.2) is 85.3 Å². The molecule has 5 nitrogen and oxygen atoms in total. The lowest BCUT2D eigenvalue weighted by molar-refractivity contribution is -0.122. The Hall–Kier alpha value is -3.44. The molecule has 1 amide bonds. The number of benzene rings is 2. The Kier molecular flexibility index (Phi) is 6.72. The Morgan fingerprint density at radius 2 is 1.76 bits per heavy atom. The third-order valence-corrected chi connectivity index (χ3v) is 7.00. The largest absolute Gasteiger partial charge is 0.353 e. The van der Waals surface area contributed by atoms with Crippen LogP contribution in [-0.2, 0) is 11.3 Å². The van der Waals surface area contributed by atoms with E-state index >= 15 is 0 Å². The summed E-state index contributed by atoms with van der Waals surface area (Å²) in [6, 6.07) is 23.5. The van der Waals surface area contributed by atoms with Crippen molar-refractivity contribution in [3.05, 3.63) is 102 Å². The van der Waals surface area contributed by atoms with E-state index in [1.165, 1.54) is 22.0 Å². The van der Waals surface area contributed by atoms with Crippen molar-refractivity contribution >= 4 is 16.8 Å². The summed E-state index contributed by atoms with van der Waals surface area (Å²) >= 11 is 0. The number of pyridine rings is 1. The van der Waals surface area contributed by atoms with E-state index in [1.54, 1.807) is 6.20 Å². The molecule has 0 radical (unpaired) electrons. The summed E-state index contributed by atoms with van der Waals surface area (Å²) in [7, 11) is 0. The van der Waals surface area contributed by atoms with E-state index in [2.05, 4.69) is 75.7 Å². The maximum atomic E-state index is 13.2. The highest BCUT2D eigenvalue weighted by atomic mass is 16.1.